The fraction of sp³-hybridized carbons (Fsp3) is 0.381. The summed E-state index contributed by atoms with van der Waals surface area (Å²) in [7, 11) is 0. The predicted molar refractivity (Wildman–Crippen MR) is 106 cm³/mol. The molecule has 0 bridgehead atoms. The number of piperidine rings is 1. The lowest BCUT2D eigenvalue weighted by molar-refractivity contribution is -0.118. The molecule has 2 aromatic rings. The number of halogens is 2. The van der Waals surface area contributed by atoms with Crippen LogP contribution in [0.15, 0.2) is 48.5 Å². The van der Waals surface area contributed by atoms with Gasteiger partial charge in [0.1, 0.15) is 18.2 Å². The van der Waals surface area contributed by atoms with Gasteiger partial charge in [0, 0.05) is 17.2 Å². The van der Waals surface area contributed by atoms with E-state index in [0.717, 1.165) is 38.0 Å². The molecule has 144 valence electrons. The van der Waals surface area contributed by atoms with E-state index in [0.29, 0.717) is 11.3 Å². The molecule has 27 heavy (non-hydrogen) atoms. The Morgan fingerprint density at radius 2 is 1.85 bits per heavy atom. The first-order valence-corrected chi connectivity index (χ1v) is 9.14. The lowest BCUT2D eigenvalue weighted by Crippen LogP contribution is -2.31. The van der Waals surface area contributed by atoms with Crippen molar-refractivity contribution in [1.82, 2.24) is 5.32 Å². The van der Waals surface area contributed by atoms with Crippen molar-refractivity contribution < 1.29 is 13.9 Å². The Hall–Kier alpha value is -2.11. The van der Waals surface area contributed by atoms with Crippen molar-refractivity contribution in [3.8, 4) is 5.75 Å². The number of hydrogen-bond acceptors (Lipinski definition) is 3. The molecular weight excluding hydrogens is 367 g/mol. The van der Waals surface area contributed by atoms with Crippen molar-refractivity contribution >= 4 is 24.0 Å². The first kappa shape index (κ1) is 19.6. The Morgan fingerprint density at radius 3 is 2.56 bits per heavy atom. The fourth-order valence-electron chi connectivity index (χ4n) is 3.84. The van der Waals surface area contributed by atoms with Crippen LogP contribution in [-0.4, -0.2) is 19.0 Å². The van der Waals surface area contributed by atoms with Gasteiger partial charge in [-0.3, -0.25) is 4.79 Å². The Bertz CT molecular complexity index is 791. The van der Waals surface area contributed by atoms with Crippen LogP contribution in [0.5, 0.6) is 5.75 Å². The highest BCUT2D eigenvalue weighted by atomic mass is 35.5. The quantitative estimate of drug-likeness (QED) is 0.806. The molecule has 4 nitrogen and oxygen atoms in total. The van der Waals surface area contributed by atoms with Crippen molar-refractivity contribution in [1.29, 1.82) is 0 Å². The monoisotopic (exact) mass is 390 g/mol. The van der Waals surface area contributed by atoms with Crippen LogP contribution in [0.4, 0.5) is 10.1 Å². The van der Waals surface area contributed by atoms with Gasteiger partial charge >= 0.3 is 0 Å². The summed E-state index contributed by atoms with van der Waals surface area (Å²) in [5, 5.41) is 6.36. The van der Waals surface area contributed by atoms with Crippen molar-refractivity contribution in [3.05, 3.63) is 59.9 Å². The number of rotatable bonds is 5. The number of nitrogens with one attached hydrogen (secondary N) is 2. The minimum absolute atomic E-state index is 0. The average molecular weight is 391 g/mol. The van der Waals surface area contributed by atoms with Crippen LogP contribution in [0, 0.1) is 17.2 Å². The molecule has 4 rings (SSSR count). The molecule has 1 heterocycles. The summed E-state index contributed by atoms with van der Waals surface area (Å²) in [4.78, 5) is 12.5. The Morgan fingerprint density at radius 1 is 1.15 bits per heavy atom. The highest BCUT2D eigenvalue weighted by Gasteiger charge is 2.57. The van der Waals surface area contributed by atoms with Gasteiger partial charge in [-0.05, 0) is 68.1 Å². The lowest BCUT2D eigenvalue weighted by atomic mass is 9.92. The zero-order chi connectivity index (χ0) is 18.0. The van der Waals surface area contributed by atoms with Crippen LogP contribution < -0.4 is 15.4 Å². The van der Waals surface area contributed by atoms with Crippen LogP contribution in [0.1, 0.15) is 24.8 Å². The van der Waals surface area contributed by atoms with Gasteiger partial charge in [0.15, 0.2) is 0 Å². The summed E-state index contributed by atoms with van der Waals surface area (Å²) in [6, 6.07) is 13.8. The molecule has 1 saturated carbocycles. The van der Waals surface area contributed by atoms with Crippen molar-refractivity contribution in [2.75, 3.05) is 18.4 Å². The second kappa shape index (κ2) is 8.28. The van der Waals surface area contributed by atoms with Crippen molar-refractivity contribution in [2.24, 2.45) is 11.3 Å². The number of benzene rings is 2. The number of hydrogen-bond donors (Lipinski definition) is 2. The smallest absolute Gasteiger partial charge is 0.228 e. The molecule has 0 aromatic heterocycles. The SMILES string of the molecule is Cl.O=C(Nc1ccc(OCc2ccccc2F)cc1)C1CC12CCNCC2. The zero-order valence-electron chi connectivity index (χ0n) is 15.0. The van der Waals surface area contributed by atoms with E-state index in [2.05, 4.69) is 10.6 Å². The van der Waals surface area contributed by atoms with Crippen LogP contribution in [0.25, 0.3) is 0 Å². The maximum absolute atomic E-state index is 13.6. The summed E-state index contributed by atoms with van der Waals surface area (Å²) < 4.78 is 19.2. The number of carbonyl (C=O) groups excluding carboxylic acids is 1. The van der Waals surface area contributed by atoms with Crippen LogP contribution in [0.2, 0.25) is 0 Å². The standard InChI is InChI=1S/C21H23FN2O2.ClH/c22-19-4-2-1-3-15(19)14-26-17-7-5-16(6-8-17)24-20(25)18-13-21(18)9-11-23-12-10-21;/h1-8,18,23H,9-14H2,(H,24,25);1H. The fourth-order valence-corrected chi connectivity index (χ4v) is 3.84. The molecule has 1 atom stereocenters. The van der Waals surface area contributed by atoms with E-state index in [9.17, 15) is 9.18 Å². The van der Waals surface area contributed by atoms with Crippen LogP contribution in [0.3, 0.4) is 0 Å². The van der Waals surface area contributed by atoms with Gasteiger partial charge in [-0.15, -0.1) is 12.4 Å². The molecule has 2 aliphatic rings. The van der Waals surface area contributed by atoms with Gasteiger partial charge in [0.2, 0.25) is 5.91 Å². The normalized spacial score (nSPS) is 19.8. The van der Waals surface area contributed by atoms with Gasteiger partial charge in [-0.25, -0.2) is 4.39 Å². The zero-order valence-corrected chi connectivity index (χ0v) is 15.9. The molecule has 1 unspecified atom stereocenters. The molecule has 1 aliphatic carbocycles. The highest BCUT2D eigenvalue weighted by molar-refractivity contribution is 5.95. The van der Waals surface area contributed by atoms with Gasteiger partial charge < -0.3 is 15.4 Å². The molecule has 1 amide bonds. The maximum Gasteiger partial charge on any atom is 0.228 e. The minimum Gasteiger partial charge on any atom is -0.489 e. The minimum atomic E-state index is -0.271. The number of carbonyl (C=O) groups is 1. The molecular formula is C21H24ClFN2O2. The molecule has 2 N–H and O–H groups in total. The third-order valence-corrected chi connectivity index (χ3v) is 5.58. The number of anilines is 1. The summed E-state index contributed by atoms with van der Waals surface area (Å²) in [5.41, 5.74) is 1.52. The maximum atomic E-state index is 13.6. The summed E-state index contributed by atoms with van der Waals surface area (Å²) in [5.74, 6) is 0.633. The molecule has 0 radical (unpaired) electrons. The van der Waals surface area contributed by atoms with Crippen molar-refractivity contribution in [3.63, 3.8) is 0 Å². The topological polar surface area (TPSA) is 50.4 Å². The third kappa shape index (κ3) is 4.42. The Kier molecular flexibility index (Phi) is 6.02. The average Bonchev–Trinajstić information content (AvgIpc) is 3.36. The molecule has 1 saturated heterocycles. The summed E-state index contributed by atoms with van der Waals surface area (Å²) in [6.45, 7) is 2.20. The summed E-state index contributed by atoms with van der Waals surface area (Å²) in [6.07, 6.45) is 3.19. The van der Waals surface area contributed by atoms with Crippen molar-refractivity contribution in [2.45, 2.75) is 25.9 Å². The highest BCUT2D eigenvalue weighted by Crippen LogP contribution is 2.58. The number of ether oxygens (including phenoxy) is 1. The predicted octanol–water partition coefficient (Wildman–Crippen LogP) is 4.15. The van der Waals surface area contributed by atoms with E-state index in [4.69, 9.17) is 4.74 Å². The van der Waals surface area contributed by atoms with Crippen LogP contribution in [-0.2, 0) is 11.4 Å². The molecule has 1 spiro atoms. The van der Waals surface area contributed by atoms with E-state index in [1.54, 1.807) is 30.3 Å². The molecule has 2 aromatic carbocycles. The van der Waals surface area contributed by atoms with Gasteiger partial charge in [-0.2, -0.15) is 0 Å². The summed E-state index contributed by atoms with van der Waals surface area (Å²) >= 11 is 0. The van der Waals surface area contributed by atoms with E-state index >= 15 is 0 Å². The lowest BCUT2D eigenvalue weighted by Gasteiger charge is -2.23. The van der Waals surface area contributed by atoms with Gasteiger partial charge in [0.05, 0.1) is 0 Å². The Balaban J connectivity index is 0.00000210. The second-order valence-corrected chi connectivity index (χ2v) is 7.26. The second-order valence-electron chi connectivity index (χ2n) is 7.26. The van der Waals surface area contributed by atoms with Crippen LogP contribution >= 0.6 is 12.4 Å². The van der Waals surface area contributed by atoms with E-state index in [1.165, 1.54) is 6.07 Å². The Labute approximate surface area is 164 Å². The first-order valence-electron chi connectivity index (χ1n) is 9.14. The largest absolute Gasteiger partial charge is 0.489 e. The van der Waals surface area contributed by atoms with E-state index < -0.39 is 0 Å². The number of amides is 1. The van der Waals surface area contributed by atoms with E-state index in [1.807, 2.05) is 12.1 Å². The van der Waals surface area contributed by atoms with E-state index in [-0.39, 0.29) is 42.1 Å². The first-order chi connectivity index (χ1) is 12.7. The molecule has 1 aliphatic heterocycles. The van der Waals surface area contributed by atoms with Gasteiger partial charge in [0.25, 0.3) is 0 Å². The third-order valence-electron chi connectivity index (χ3n) is 5.58. The molecule has 6 heteroatoms. The van der Waals surface area contributed by atoms with Gasteiger partial charge in [-0.1, -0.05) is 18.2 Å². The molecule has 2 fully saturated rings.